The molecule has 0 atom stereocenters. The average Bonchev–Trinajstić information content (AvgIpc) is 2.95. The summed E-state index contributed by atoms with van der Waals surface area (Å²) in [4.78, 5) is 37.1. The van der Waals surface area contributed by atoms with Crippen LogP contribution in [0.15, 0.2) is 54.7 Å². The first-order chi connectivity index (χ1) is 19.3. The molecule has 1 aromatic carbocycles. The van der Waals surface area contributed by atoms with E-state index in [4.69, 9.17) is 4.74 Å². The maximum atomic E-state index is 12.7. The molecule has 2 aromatic heterocycles. The zero-order valence-corrected chi connectivity index (χ0v) is 23.7. The van der Waals surface area contributed by atoms with E-state index in [9.17, 15) is 9.59 Å². The highest BCUT2D eigenvalue weighted by Crippen LogP contribution is 2.42. The van der Waals surface area contributed by atoms with Crippen molar-refractivity contribution >= 4 is 18.1 Å². The summed E-state index contributed by atoms with van der Waals surface area (Å²) in [6.45, 7) is 4.67. The smallest absolute Gasteiger partial charge is 0.322 e. The van der Waals surface area contributed by atoms with Crippen molar-refractivity contribution in [3.8, 4) is 22.8 Å². The Morgan fingerprint density at radius 2 is 1.90 bits per heavy atom. The van der Waals surface area contributed by atoms with Crippen LogP contribution in [0.25, 0.3) is 11.3 Å². The molecule has 0 radical (unpaired) electrons. The first-order valence-electron chi connectivity index (χ1n) is 14.2. The number of amides is 2. The number of aromatic nitrogens is 2. The molecule has 40 heavy (non-hydrogen) atoms. The molecule has 1 saturated heterocycles. The van der Waals surface area contributed by atoms with Crippen LogP contribution in [0, 0.1) is 12.3 Å². The number of hydrogen-bond acceptors (Lipinski definition) is 6. The Balaban J connectivity index is 1.18. The standard InChI is InChI=1S/C32H39N5O3/c1-23-29(9-10-30(34-23)35-31(39)37(3)20-16-32(22-38)14-4-15-32)40-27-11-17-33-28(21-27)26-7-5-24(6-8-26)25-12-18-36(2)19-13-25/h5-11,17,21-22,25H,4,12-16,18-20H2,1-3H3,(H,34,35,39). The number of ether oxygens (including phenoxy) is 1. The maximum Gasteiger partial charge on any atom is 0.322 e. The number of benzene rings is 1. The van der Waals surface area contributed by atoms with Crippen molar-refractivity contribution in [1.29, 1.82) is 0 Å². The third-order valence-electron chi connectivity index (χ3n) is 8.52. The van der Waals surface area contributed by atoms with E-state index in [1.54, 1.807) is 24.2 Å². The van der Waals surface area contributed by atoms with Gasteiger partial charge < -0.3 is 19.3 Å². The Hall–Kier alpha value is -3.78. The molecule has 1 N–H and O–H groups in total. The van der Waals surface area contributed by atoms with Gasteiger partial charge in [-0.15, -0.1) is 0 Å². The van der Waals surface area contributed by atoms with Crippen molar-refractivity contribution < 1.29 is 14.3 Å². The first kappa shape index (κ1) is 27.8. The lowest BCUT2D eigenvalue weighted by Gasteiger charge is -2.37. The van der Waals surface area contributed by atoms with E-state index in [0.29, 0.717) is 41.9 Å². The van der Waals surface area contributed by atoms with Crippen molar-refractivity contribution in [2.45, 2.75) is 51.4 Å². The Labute approximate surface area is 236 Å². The number of nitrogens with zero attached hydrogens (tertiary/aromatic N) is 4. The molecule has 3 heterocycles. The second-order valence-electron chi connectivity index (χ2n) is 11.4. The molecule has 1 aliphatic heterocycles. The minimum Gasteiger partial charge on any atom is -0.455 e. The van der Waals surface area contributed by atoms with Gasteiger partial charge in [0, 0.05) is 36.8 Å². The average molecular weight is 542 g/mol. The highest BCUT2D eigenvalue weighted by molar-refractivity contribution is 5.88. The molecule has 2 amide bonds. The lowest BCUT2D eigenvalue weighted by molar-refractivity contribution is -0.121. The summed E-state index contributed by atoms with van der Waals surface area (Å²) in [6, 6.07) is 15.8. The zero-order valence-electron chi connectivity index (χ0n) is 23.7. The van der Waals surface area contributed by atoms with E-state index in [0.717, 1.165) is 49.9 Å². The van der Waals surface area contributed by atoms with Crippen molar-refractivity contribution in [1.82, 2.24) is 19.8 Å². The lowest BCUT2D eigenvalue weighted by atomic mass is 9.68. The lowest BCUT2D eigenvalue weighted by Crippen LogP contribution is -2.38. The van der Waals surface area contributed by atoms with Gasteiger partial charge in [0.1, 0.15) is 23.6 Å². The molecule has 3 aromatic rings. The number of piperidine rings is 1. The van der Waals surface area contributed by atoms with E-state index in [-0.39, 0.29) is 11.4 Å². The molecule has 0 spiro atoms. The fourth-order valence-electron chi connectivity index (χ4n) is 5.51. The van der Waals surface area contributed by atoms with Gasteiger partial charge in [-0.2, -0.15) is 0 Å². The van der Waals surface area contributed by atoms with Crippen molar-refractivity contribution in [3.05, 3.63) is 66.0 Å². The van der Waals surface area contributed by atoms with Gasteiger partial charge in [-0.05, 0) is 88.8 Å². The van der Waals surface area contributed by atoms with Gasteiger partial charge in [-0.1, -0.05) is 30.7 Å². The van der Waals surface area contributed by atoms with E-state index in [1.807, 2.05) is 25.1 Å². The largest absolute Gasteiger partial charge is 0.455 e. The van der Waals surface area contributed by atoms with Crippen LogP contribution in [0.2, 0.25) is 0 Å². The molecular formula is C32H39N5O3. The third-order valence-corrected chi connectivity index (χ3v) is 8.52. The van der Waals surface area contributed by atoms with Gasteiger partial charge in [0.25, 0.3) is 0 Å². The summed E-state index contributed by atoms with van der Waals surface area (Å²) >= 11 is 0. The Bertz CT molecular complexity index is 1330. The number of urea groups is 1. The minimum absolute atomic E-state index is 0.245. The predicted molar refractivity (Wildman–Crippen MR) is 157 cm³/mol. The number of aldehydes is 1. The van der Waals surface area contributed by atoms with Crippen LogP contribution < -0.4 is 10.1 Å². The highest BCUT2D eigenvalue weighted by Gasteiger charge is 2.36. The number of pyridine rings is 2. The Morgan fingerprint density at radius 1 is 1.15 bits per heavy atom. The number of hydrogen-bond donors (Lipinski definition) is 1. The predicted octanol–water partition coefficient (Wildman–Crippen LogP) is 6.28. The molecule has 8 heteroatoms. The van der Waals surface area contributed by atoms with E-state index in [1.165, 1.54) is 18.4 Å². The maximum absolute atomic E-state index is 12.7. The summed E-state index contributed by atoms with van der Waals surface area (Å²) in [5.74, 6) is 2.36. The van der Waals surface area contributed by atoms with Crippen LogP contribution in [0.5, 0.6) is 11.5 Å². The number of anilines is 1. The number of likely N-dealkylation sites (tertiary alicyclic amines) is 1. The quantitative estimate of drug-likeness (QED) is 0.321. The second-order valence-corrected chi connectivity index (χ2v) is 11.4. The van der Waals surface area contributed by atoms with Crippen LogP contribution in [0.3, 0.4) is 0 Å². The van der Waals surface area contributed by atoms with E-state index in [2.05, 4.69) is 51.5 Å². The molecular weight excluding hydrogens is 502 g/mol. The molecule has 2 fully saturated rings. The second kappa shape index (κ2) is 12.2. The van der Waals surface area contributed by atoms with Gasteiger partial charge in [-0.3, -0.25) is 10.3 Å². The number of rotatable bonds is 9. The highest BCUT2D eigenvalue weighted by atomic mass is 16.5. The summed E-state index contributed by atoms with van der Waals surface area (Å²) < 4.78 is 6.15. The normalized spacial score (nSPS) is 17.1. The number of nitrogens with one attached hydrogen (secondary N) is 1. The summed E-state index contributed by atoms with van der Waals surface area (Å²) in [5, 5.41) is 2.84. The van der Waals surface area contributed by atoms with E-state index >= 15 is 0 Å². The van der Waals surface area contributed by atoms with Crippen LogP contribution in [0.1, 0.15) is 55.7 Å². The molecule has 5 rings (SSSR count). The SMILES string of the molecule is Cc1nc(NC(=O)N(C)CCC2(C=O)CCC2)ccc1Oc1ccnc(-c2ccc(C3CCN(C)CC3)cc2)c1. The molecule has 1 saturated carbocycles. The minimum atomic E-state index is -0.249. The molecule has 8 nitrogen and oxygen atoms in total. The fourth-order valence-corrected chi connectivity index (χ4v) is 5.51. The van der Waals surface area contributed by atoms with Crippen molar-refractivity contribution in [3.63, 3.8) is 0 Å². The third kappa shape index (κ3) is 6.50. The molecule has 0 bridgehead atoms. The molecule has 210 valence electrons. The summed E-state index contributed by atoms with van der Waals surface area (Å²) in [5.41, 5.74) is 3.72. The molecule has 1 aliphatic carbocycles. The van der Waals surface area contributed by atoms with Gasteiger partial charge in [0.15, 0.2) is 0 Å². The summed E-state index contributed by atoms with van der Waals surface area (Å²) in [6.07, 6.45) is 8.81. The Kier molecular flexibility index (Phi) is 8.45. The van der Waals surface area contributed by atoms with Crippen molar-refractivity contribution in [2.24, 2.45) is 5.41 Å². The van der Waals surface area contributed by atoms with Crippen LogP contribution >= 0.6 is 0 Å². The van der Waals surface area contributed by atoms with Gasteiger partial charge in [-0.25, -0.2) is 9.78 Å². The van der Waals surface area contributed by atoms with Crippen LogP contribution in [0.4, 0.5) is 10.6 Å². The number of carbonyl (C=O) groups is 2. The van der Waals surface area contributed by atoms with Crippen molar-refractivity contribution in [2.75, 3.05) is 39.0 Å². The van der Waals surface area contributed by atoms with Gasteiger partial charge >= 0.3 is 6.03 Å². The van der Waals surface area contributed by atoms with Crippen LogP contribution in [-0.2, 0) is 4.79 Å². The van der Waals surface area contributed by atoms with Gasteiger partial charge in [0.05, 0.1) is 11.4 Å². The zero-order chi connectivity index (χ0) is 28.1. The Morgan fingerprint density at radius 3 is 2.55 bits per heavy atom. The van der Waals surface area contributed by atoms with Gasteiger partial charge in [0.2, 0.25) is 0 Å². The topological polar surface area (TPSA) is 87.7 Å². The fraction of sp³-hybridized carbons (Fsp3) is 0.438. The molecule has 0 unspecified atom stereocenters. The molecule has 2 aliphatic rings. The van der Waals surface area contributed by atoms with E-state index < -0.39 is 0 Å². The van der Waals surface area contributed by atoms with Crippen LogP contribution in [-0.4, -0.2) is 65.8 Å². The number of carbonyl (C=O) groups excluding carboxylic acids is 2. The monoisotopic (exact) mass is 541 g/mol. The number of aryl methyl sites for hydroxylation is 1. The first-order valence-corrected chi connectivity index (χ1v) is 14.2. The summed E-state index contributed by atoms with van der Waals surface area (Å²) in [7, 11) is 3.92.